The molecule has 8 nitrogen and oxygen atoms in total. The molecule has 1 aliphatic heterocycles. The second-order valence-electron chi connectivity index (χ2n) is 6.10. The molecule has 0 aliphatic carbocycles. The second kappa shape index (κ2) is 7.40. The van der Waals surface area contributed by atoms with Crippen molar-refractivity contribution in [1.29, 1.82) is 0 Å². The molecule has 0 unspecified atom stereocenters. The largest absolute Gasteiger partial charge is 0.480 e. The molecule has 1 aromatic rings. The summed E-state index contributed by atoms with van der Waals surface area (Å²) in [7, 11) is -8.25. The summed E-state index contributed by atoms with van der Waals surface area (Å²) in [5.41, 5.74) is 0. The fourth-order valence-corrected chi connectivity index (χ4v) is 6.63. The zero-order valence-corrected chi connectivity index (χ0v) is 15.8. The first kappa shape index (κ1) is 19.8. The number of carboxylic acids is 1. The van der Waals surface area contributed by atoms with Crippen molar-refractivity contribution < 1.29 is 26.7 Å². The Morgan fingerprint density at radius 2 is 1.64 bits per heavy atom. The molecule has 1 heterocycles. The van der Waals surface area contributed by atoms with E-state index in [4.69, 9.17) is 5.11 Å². The summed E-state index contributed by atoms with van der Waals surface area (Å²) in [4.78, 5) is 10.3. The fraction of sp³-hybridized carbons (Fsp3) is 0.533. The number of benzene rings is 1. The van der Waals surface area contributed by atoms with E-state index in [1.54, 1.807) is 0 Å². The van der Waals surface area contributed by atoms with Crippen molar-refractivity contribution in [3.05, 3.63) is 24.3 Å². The van der Waals surface area contributed by atoms with Gasteiger partial charge in [0.15, 0.2) is 0 Å². The highest BCUT2D eigenvalue weighted by Crippen LogP contribution is 2.29. The third-order valence-electron chi connectivity index (χ3n) is 3.99. The van der Waals surface area contributed by atoms with E-state index in [2.05, 4.69) is 0 Å². The van der Waals surface area contributed by atoms with Gasteiger partial charge in [0.2, 0.25) is 20.0 Å². The van der Waals surface area contributed by atoms with Crippen molar-refractivity contribution in [3.8, 4) is 0 Å². The predicted octanol–water partition coefficient (Wildman–Crippen LogP) is 0.955. The van der Waals surface area contributed by atoms with Crippen LogP contribution in [-0.4, -0.2) is 62.2 Å². The summed E-state index contributed by atoms with van der Waals surface area (Å²) < 4.78 is 53.7. The molecule has 1 aliphatic rings. The number of hydrogen-bond donors (Lipinski definition) is 1. The second-order valence-corrected chi connectivity index (χ2v) is 9.86. The van der Waals surface area contributed by atoms with Gasteiger partial charge in [0.25, 0.3) is 0 Å². The molecule has 0 bridgehead atoms. The monoisotopic (exact) mass is 390 g/mol. The Hall–Kier alpha value is -1.49. The van der Waals surface area contributed by atoms with Crippen LogP contribution in [0.3, 0.4) is 0 Å². The van der Waals surface area contributed by atoms with E-state index < -0.39 is 43.5 Å². The average molecular weight is 390 g/mol. The van der Waals surface area contributed by atoms with Crippen molar-refractivity contribution in [1.82, 2.24) is 8.61 Å². The van der Waals surface area contributed by atoms with Crippen LogP contribution in [0.25, 0.3) is 0 Å². The topological polar surface area (TPSA) is 112 Å². The van der Waals surface area contributed by atoms with Crippen LogP contribution in [0.2, 0.25) is 0 Å². The lowest BCUT2D eigenvalue weighted by molar-refractivity contribution is -0.137. The lowest BCUT2D eigenvalue weighted by atomic mass is 10.4. The van der Waals surface area contributed by atoms with Gasteiger partial charge in [-0.2, -0.15) is 8.61 Å². The van der Waals surface area contributed by atoms with Crippen molar-refractivity contribution in [2.75, 3.05) is 19.6 Å². The highest BCUT2D eigenvalue weighted by Gasteiger charge is 2.36. The van der Waals surface area contributed by atoms with Crippen LogP contribution in [0.5, 0.6) is 0 Å². The van der Waals surface area contributed by atoms with Gasteiger partial charge in [0, 0.05) is 19.1 Å². The van der Waals surface area contributed by atoms with Gasteiger partial charge < -0.3 is 5.11 Å². The zero-order valence-electron chi connectivity index (χ0n) is 14.1. The molecule has 2 rings (SSSR count). The van der Waals surface area contributed by atoms with Crippen molar-refractivity contribution in [2.24, 2.45) is 0 Å². The third-order valence-corrected chi connectivity index (χ3v) is 8.15. The first-order chi connectivity index (χ1) is 11.6. The smallest absolute Gasteiger partial charge is 0.318 e. The highest BCUT2D eigenvalue weighted by molar-refractivity contribution is 7.92. The van der Waals surface area contributed by atoms with E-state index in [-0.39, 0.29) is 4.90 Å². The Kier molecular flexibility index (Phi) is 5.87. The Morgan fingerprint density at radius 3 is 2.12 bits per heavy atom. The summed E-state index contributed by atoms with van der Waals surface area (Å²) >= 11 is 0. The maximum absolute atomic E-state index is 13.0. The Bertz CT molecular complexity index is 843. The van der Waals surface area contributed by atoms with Gasteiger partial charge in [-0.05, 0) is 38.8 Å². The molecule has 1 N–H and O–H groups in total. The number of carbonyl (C=O) groups is 1. The minimum atomic E-state index is -4.29. The molecular weight excluding hydrogens is 368 g/mol. The Balaban J connectivity index is 2.57. The van der Waals surface area contributed by atoms with E-state index in [1.165, 1.54) is 42.4 Å². The molecule has 1 saturated heterocycles. The van der Waals surface area contributed by atoms with Gasteiger partial charge in [-0.3, -0.25) is 4.79 Å². The molecule has 0 saturated carbocycles. The number of rotatable bonds is 7. The lowest BCUT2D eigenvalue weighted by Crippen LogP contribution is -2.41. The van der Waals surface area contributed by atoms with E-state index in [0.29, 0.717) is 13.1 Å². The SMILES string of the molecule is CC(C)N(CC(=O)O)S(=O)(=O)c1ccccc1S(=O)(=O)N1CCCC1. The van der Waals surface area contributed by atoms with E-state index in [0.717, 1.165) is 17.1 Å². The molecule has 140 valence electrons. The van der Waals surface area contributed by atoms with Crippen LogP contribution in [0.15, 0.2) is 34.1 Å². The van der Waals surface area contributed by atoms with E-state index >= 15 is 0 Å². The fourth-order valence-electron chi connectivity index (χ4n) is 2.75. The van der Waals surface area contributed by atoms with Crippen LogP contribution >= 0.6 is 0 Å². The number of sulfonamides is 2. The van der Waals surface area contributed by atoms with Gasteiger partial charge in [-0.15, -0.1) is 0 Å². The van der Waals surface area contributed by atoms with Gasteiger partial charge >= 0.3 is 5.97 Å². The first-order valence-corrected chi connectivity index (χ1v) is 10.8. The van der Waals surface area contributed by atoms with Gasteiger partial charge in [-0.25, -0.2) is 16.8 Å². The molecule has 1 fully saturated rings. The molecule has 10 heteroatoms. The molecule has 0 amide bonds. The molecule has 0 atom stereocenters. The third kappa shape index (κ3) is 4.02. The van der Waals surface area contributed by atoms with Gasteiger partial charge in [0.05, 0.1) is 0 Å². The standard InChI is InChI=1S/C15H22N2O6S2/c1-12(2)17(11-15(18)19)25(22,23)14-8-4-3-7-13(14)24(20,21)16-9-5-6-10-16/h3-4,7-8,12H,5-6,9-11H2,1-2H3,(H,18,19). The zero-order chi connectivity index (χ0) is 18.8. The maximum Gasteiger partial charge on any atom is 0.318 e. The Labute approximate surface area is 148 Å². The molecule has 0 radical (unpaired) electrons. The first-order valence-electron chi connectivity index (χ1n) is 7.91. The van der Waals surface area contributed by atoms with Crippen LogP contribution in [0.1, 0.15) is 26.7 Å². The summed E-state index contributed by atoms with van der Waals surface area (Å²) in [6.07, 6.45) is 1.45. The van der Waals surface area contributed by atoms with Crippen molar-refractivity contribution in [3.63, 3.8) is 0 Å². The molecule has 1 aromatic carbocycles. The number of hydrogen-bond acceptors (Lipinski definition) is 5. The van der Waals surface area contributed by atoms with Crippen LogP contribution < -0.4 is 0 Å². The summed E-state index contributed by atoms with van der Waals surface area (Å²) in [5, 5.41) is 9.01. The van der Waals surface area contributed by atoms with Gasteiger partial charge in [-0.1, -0.05) is 12.1 Å². The quantitative estimate of drug-likeness (QED) is 0.742. The van der Waals surface area contributed by atoms with Crippen molar-refractivity contribution in [2.45, 2.75) is 42.5 Å². The molecule has 0 spiro atoms. The van der Waals surface area contributed by atoms with E-state index in [9.17, 15) is 21.6 Å². The summed E-state index contributed by atoms with van der Waals surface area (Å²) in [6.45, 7) is 3.04. The summed E-state index contributed by atoms with van der Waals surface area (Å²) in [5.74, 6) is -1.31. The normalized spacial score (nSPS) is 16.6. The number of nitrogens with zero attached hydrogens (tertiary/aromatic N) is 2. The number of carboxylic acid groups (broad SMARTS) is 1. The van der Waals surface area contributed by atoms with E-state index in [1.807, 2.05) is 0 Å². The maximum atomic E-state index is 13.0. The summed E-state index contributed by atoms with van der Waals surface area (Å²) in [6, 6.07) is 4.70. The number of aliphatic carboxylic acids is 1. The Morgan fingerprint density at radius 1 is 1.12 bits per heavy atom. The van der Waals surface area contributed by atoms with Crippen LogP contribution in [0.4, 0.5) is 0 Å². The van der Waals surface area contributed by atoms with Crippen LogP contribution in [-0.2, 0) is 24.8 Å². The van der Waals surface area contributed by atoms with Crippen molar-refractivity contribution >= 4 is 26.0 Å². The van der Waals surface area contributed by atoms with Gasteiger partial charge in [0.1, 0.15) is 16.3 Å². The average Bonchev–Trinajstić information content (AvgIpc) is 3.07. The molecular formula is C15H22N2O6S2. The molecule has 25 heavy (non-hydrogen) atoms. The highest BCUT2D eigenvalue weighted by atomic mass is 32.2. The van der Waals surface area contributed by atoms with Crippen LogP contribution in [0, 0.1) is 0 Å². The predicted molar refractivity (Wildman–Crippen MR) is 91.1 cm³/mol. The molecule has 0 aromatic heterocycles. The lowest BCUT2D eigenvalue weighted by Gasteiger charge is -2.26. The minimum absolute atomic E-state index is 0.312. The minimum Gasteiger partial charge on any atom is -0.480 e.